The van der Waals surface area contributed by atoms with Gasteiger partial charge in [0, 0.05) is 17.5 Å². The molecule has 1 aromatic heterocycles. The maximum atomic E-state index is 13.5. The Bertz CT molecular complexity index is 682. The number of aliphatic hydroxyl groups excluding tert-OH is 1. The number of carbonyl (C=O) groups excluding carboxylic acids is 1. The molecule has 1 amide bonds. The molecule has 6 heteroatoms. The maximum absolute atomic E-state index is 13.5. The van der Waals surface area contributed by atoms with Gasteiger partial charge in [0.2, 0.25) is 5.91 Å². The van der Waals surface area contributed by atoms with Gasteiger partial charge in [0.1, 0.15) is 0 Å². The van der Waals surface area contributed by atoms with Crippen LogP contribution in [0.15, 0.2) is 35.7 Å². The van der Waals surface area contributed by atoms with Crippen molar-refractivity contribution in [3.05, 3.63) is 57.5 Å². The monoisotopic (exact) mass is 321 g/mol. The number of ether oxygens (including phenoxy) is 1. The van der Waals surface area contributed by atoms with E-state index in [9.17, 15) is 9.18 Å². The van der Waals surface area contributed by atoms with Gasteiger partial charge in [0.05, 0.1) is 13.7 Å². The number of benzene rings is 1. The van der Waals surface area contributed by atoms with Crippen LogP contribution in [0.4, 0.5) is 4.39 Å². The molecule has 0 bridgehead atoms. The second-order valence-electron chi connectivity index (χ2n) is 4.54. The summed E-state index contributed by atoms with van der Waals surface area (Å²) in [4.78, 5) is 12.6. The average Bonchev–Trinajstić information content (AvgIpc) is 2.99. The minimum atomic E-state index is -0.458. The molecule has 22 heavy (non-hydrogen) atoms. The molecule has 2 rings (SSSR count). The fourth-order valence-corrected chi connectivity index (χ4v) is 2.59. The summed E-state index contributed by atoms with van der Waals surface area (Å²) in [5.74, 6) is -0.553. The Balaban J connectivity index is 1.88. The Hall–Kier alpha value is -2.18. The van der Waals surface area contributed by atoms with Gasteiger partial charge in [-0.15, -0.1) is 11.3 Å². The van der Waals surface area contributed by atoms with Crippen molar-refractivity contribution in [2.75, 3.05) is 7.11 Å². The molecule has 0 aliphatic rings. The van der Waals surface area contributed by atoms with E-state index in [1.165, 1.54) is 36.7 Å². The summed E-state index contributed by atoms with van der Waals surface area (Å²) in [6, 6.07) is 6.36. The van der Waals surface area contributed by atoms with E-state index in [-0.39, 0.29) is 24.8 Å². The van der Waals surface area contributed by atoms with E-state index in [0.717, 1.165) is 10.4 Å². The lowest BCUT2D eigenvalue weighted by Crippen LogP contribution is -2.20. The standard InChI is InChI=1S/C16H16FNO3S/c1-21-15-4-2-11(7-14(15)17)8-18-16(20)5-3-13-6-12(9-19)10-22-13/h2-7,10,19H,8-9H2,1H3,(H,18,20). The molecule has 0 spiro atoms. The van der Waals surface area contributed by atoms with Crippen molar-refractivity contribution >= 4 is 23.3 Å². The van der Waals surface area contributed by atoms with Crippen LogP contribution in [0.1, 0.15) is 16.0 Å². The lowest BCUT2D eigenvalue weighted by molar-refractivity contribution is -0.116. The van der Waals surface area contributed by atoms with Crippen LogP contribution >= 0.6 is 11.3 Å². The molecule has 1 aromatic carbocycles. The Kier molecular flexibility index (Phi) is 5.68. The number of thiophene rings is 1. The van der Waals surface area contributed by atoms with Crippen molar-refractivity contribution in [2.45, 2.75) is 13.2 Å². The van der Waals surface area contributed by atoms with Gasteiger partial charge < -0.3 is 15.2 Å². The second kappa shape index (κ2) is 7.72. The SMILES string of the molecule is COc1ccc(CNC(=O)C=Cc2cc(CO)cs2)cc1F. The molecule has 2 N–H and O–H groups in total. The lowest BCUT2D eigenvalue weighted by Gasteiger charge is -2.05. The molecule has 0 radical (unpaired) electrons. The van der Waals surface area contributed by atoms with E-state index < -0.39 is 5.82 Å². The molecular formula is C16H16FNO3S. The summed E-state index contributed by atoms with van der Waals surface area (Å²) in [5, 5.41) is 13.5. The van der Waals surface area contributed by atoms with Crippen molar-refractivity contribution in [1.29, 1.82) is 0 Å². The molecule has 1 heterocycles. The van der Waals surface area contributed by atoms with Crippen LogP contribution in [0.25, 0.3) is 6.08 Å². The Morgan fingerprint density at radius 2 is 2.23 bits per heavy atom. The molecule has 0 aliphatic heterocycles. The van der Waals surface area contributed by atoms with Gasteiger partial charge in [-0.2, -0.15) is 0 Å². The quantitative estimate of drug-likeness (QED) is 0.804. The van der Waals surface area contributed by atoms with Crippen LogP contribution in [0.2, 0.25) is 0 Å². The zero-order chi connectivity index (χ0) is 15.9. The number of methoxy groups -OCH3 is 1. The van der Waals surface area contributed by atoms with E-state index in [1.54, 1.807) is 12.1 Å². The molecule has 0 fully saturated rings. The van der Waals surface area contributed by atoms with Crippen molar-refractivity contribution in [3.63, 3.8) is 0 Å². The third kappa shape index (κ3) is 4.41. The number of carbonyl (C=O) groups is 1. The van der Waals surface area contributed by atoms with E-state index in [0.29, 0.717) is 5.56 Å². The van der Waals surface area contributed by atoms with Crippen molar-refractivity contribution in [2.24, 2.45) is 0 Å². The summed E-state index contributed by atoms with van der Waals surface area (Å²) < 4.78 is 18.3. The second-order valence-corrected chi connectivity index (χ2v) is 5.48. The Labute approximate surface area is 131 Å². The Morgan fingerprint density at radius 3 is 2.86 bits per heavy atom. The topological polar surface area (TPSA) is 58.6 Å². The highest BCUT2D eigenvalue weighted by Gasteiger charge is 2.04. The van der Waals surface area contributed by atoms with Crippen LogP contribution in [0, 0.1) is 5.82 Å². The first-order valence-electron chi connectivity index (χ1n) is 6.59. The van der Waals surface area contributed by atoms with Crippen LogP contribution in [0.5, 0.6) is 5.75 Å². The molecule has 0 atom stereocenters. The lowest BCUT2D eigenvalue weighted by atomic mass is 10.2. The number of aliphatic hydroxyl groups is 1. The molecule has 0 saturated heterocycles. The van der Waals surface area contributed by atoms with Crippen LogP contribution in [0.3, 0.4) is 0 Å². The summed E-state index contributed by atoms with van der Waals surface area (Å²) in [6.45, 7) is 0.218. The molecule has 116 valence electrons. The molecule has 0 saturated carbocycles. The van der Waals surface area contributed by atoms with Gasteiger partial charge in [0.25, 0.3) is 0 Å². The molecule has 2 aromatic rings. The van der Waals surface area contributed by atoms with Gasteiger partial charge in [0.15, 0.2) is 11.6 Å². The van der Waals surface area contributed by atoms with Crippen LogP contribution < -0.4 is 10.1 Å². The first kappa shape index (κ1) is 16.2. The largest absolute Gasteiger partial charge is 0.494 e. The first-order chi connectivity index (χ1) is 10.6. The van der Waals surface area contributed by atoms with Crippen LogP contribution in [-0.4, -0.2) is 18.1 Å². The van der Waals surface area contributed by atoms with E-state index >= 15 is 0 Å². The summed E-state index contributed by atoms with van der Waals surface area (Å²) in [7, 11) is 1.40. The predicted octanol–water partition coefficient (Wildman–Crippen LogP) is 2.72. The fourth-order valence-electron chi connectivity index (χ4n) is 1.79. The highest BCUT2D eigenvalue weighted by molar-refractivity contribution is 7.11. The van der Waals surface area contributed by atoms with Gasteiger partial charge in [-0.25, -0.2) is 4.39 Å². The number of nitrogens with one attached hydrogen (secondary N) is 1. The third-order valence-electron chi connectivity index (χ3n) is 2.94. The van der Waals surface area contributed by atoms with E-state index in [1.807, 2.05) is 11.4 Å². The minimum absolute atomic E-state index is 0.0143. The number of hydrogen-bond donors (Lipinski definition) is 2. The fraction of sp³-hybridized carbons (Fsp3) is 0.188. The average molecular weight is 321 g/mol. The number of amides is 1. The maximum Gasteiger partial charge on any atom is 0.244 e. The van der Waals surface area contributed by atoms with Gasteiger partial charge in [-0.3, -0.25) is 4.79 Å². The third-order valence-corrected chi connectivity index (χ3v) is 3.89. The van der Waals surface area contributed by atoms with Crippen molar-refractivity contribution in [1.82, 2.24) is 5.32 Å². The van der Waals surface area contributed by atoms with Gasteiger partial charge in [-0.1, -0.05) is 6.07 Å². The van der Waals surface area contributed by atoms with Gasteiger partial charge in [-0.05, 0) is 40.8 Å². The number of hydrogen-bond acceptors (Lipinski definition) is 4. The van der Waals surface area contributed by atoms with Crippen molar-refractivity contribution in [3.8, 4) is 5.75 Å². The van der Waals surface area contributed by atoms with Crippen molar-refractivity contribution < 1.29 is 19.0 Å². The Morgan fingerprint density at radius 1 is 1.41 bits per heavy atom. The van der Waals surface area contributed by atoms with E-state index in [2.05, 4.69) is 5.32 Å². The molecule has 0 unspecified atom stereocenters. The highest BCUT2D eigenvalue weighted by Crippen LogP contribution is 2.18. The molecular weight excluding hydrogens is 305 g/mol. The summed E-state index contributed by atoms with van der Waals surface area (Å²) >= 11 is 1.45. The van der Waals surface area contributed by atoms with E-state index in [4.69, 9.17) is 9.84 Å². The zero-order valence-electron chi connectivity index (χ0n) is 12.0. The number of halogens is 1. The highest BCUT2D eigenvalue weighted by atomic mass is 32.1. The summed E-state index contributed by atoms with van der Waals surface area (Å²) in [6.07, 6.45) is 3.08. The predicted molar refractivity (Wildman–Crippen MR) is 84.1 cm³/mol. The molecule has 0 aliphatic carbocycles. The molecule has 4 nitrogen and oxygen atoms in total. The number of rotatable bonds is 6. The minimum Gasteiger partial charge on any atom is -0.494 e. The smallest absolute Gasteiger partial charge is 0.244 e. The normalized spacial score (nSPS) is 10.9. The summed E-state index contributed by atoms with van der Waals surface area (Å²) in [5.41, 5.74) is 1.47. The first-order valence-corrected chi connectivity index (χ1v) is 7.47. The zero-order valence-corrected chi connectivity index (χ0v) is 12.8. The van der Waals surface area contributed by atoms with Gasteiger partial charge >= 0.3 is 0 Å². The van der Waals surface area contributed by atoms with Crippen LogP contribution in [-0.2, 0) is 17.9 Å².